The minimum absolute atomic E-state index is 0.358. The molecule has 2 rings (SSSR count). The maximum absolute atomic E-state index is 10.3. The van der Waals surface area contributed by atoms with Crippen LogP contribution in [0.25, 0.3) is 0 Å². The molecule has 0 bridgehead atoms. The van der Waals surface area contributed by atoms with Crippen molar-refractivity contribution in [3.05, 3.63) is 0 Å². The van der Waals surface area contributed by atoms with Crippen LogP contribution in [0.2, 0.25) is 0 Å². The minimum Gasteiger partial charge on any atom is -0.481 e. The van der Waals surface area contributed by atoms with E-state index in [4.69, 9.17) is 5.11 Å². The Bertz CT molecular complexity index is 208. The predicted octanol–water partition coefficient (Wildman–Crippen LogP) is 3.07. The van der Waals surface area contributed by atoms with E-state index in [1.807, 2.05) is 0 Å². The van der Waals surface area contributed by atoms with E-state index < -0.39 is 5.97 Å². The van der Waals surface area contributed by atoms with E-state index in [0.29, 0.717) is 6.42 Å². The molecule has 0 radical (unpaired) electrons. The molecule has 2 aliphatic rings. The van der Waals surface area contributed by atoms with E-state index in [2.05, 4.69) is 0 Å². The average Bonchev–Trinajstić information content (AvgIpc) is 2.97. The van der Waals surface area contributed by atoms with E-state index in [0.717, 1.165) is 30.6 Å². The second-order valence-electron chi connectivity index (χ2n) is 4.99. The first-order valence-corrected chi connectivity index (χ1v) is 5.99. The van der Waals surface area contributed by atoms with Gasteiger partial charge in [-0.15, -0.1) is 0 Å². The molecule has 0 saturated heterocycles. The normalized spacial score (nSPS) is 30.3. The molecule has 0 unspecified atom stereocenters. The Morgan fingerprint density at radius 2 is 2.00 bits per heavy atom. The first kappa shape index (κ1) is 10.0. The van der Waals surface area contributed by atoms with Crippen LogP contribution in [0.1, 0.15) is 51.4 Å². The third-order valence-electron chi connectivity index (χ3n) is 3.67. The van der Waals surface area contributed by atoms with Gasteiger partial charge in [0.25, 0.3) is 0 Å². The molecule has 2 heteroatoms. The summed E-state index contributed by atoms with van der Waals surface area (Å²) in [7, 11) is 0. The van der Waals surface area contributed by atoms with Gasteiger partial charge in [0, 0.05) is 6.42 Å². The number of aliphatic carboxylic acids is 1. The zero-order chi connectivity index (χ0) is 9.97. The molecule has 14 heavy (non-hydrogen) atoms. The van der Waals surface area contributed by atoms with E-state index in [1.54, 1.807) is 0 Å². The second kappa shape index (κ2) is 4.33. The number of carbonyl (C=O) groups is 1. The smallest absolute Gasteiger partial charge is 0.303 e. The van der Waals surface area contributed by atoms with Gasteiger partial charge in [0.1, 0.15) is 0 Å². The topological polar surface area (TPSA) is 37.3 Å². The summed E-state index contributed by atoms with van der Waals surface area (Å²) < 4.78 is 0. The highest BCUT2D eigenvalue weighted by atomic mass is 16.4. The summed E-state index contributed by atoms with van der Waals surface area (Å²) in [5, 5.41) is 8.46. The van der Waals surface area contributed by atoms with Gasteiger partial charge in [0.2, 0.25) is 0 Å². The van der Waals surface area contributed by atoms with Crippen molar-refractivity contribution >= 4 is 5.97 Å². The van der Waals surface area contributed by atoms with Crippen LogP contribution in [-0.2, 0) is 4.79 Å². The zero-order valence-corrected chi connectivity index (χ0v) is 8.74. The highest BCUT2D eigenvalue weighted by Gasteiger charge is 2.46. The van der Waals surface area contributed by atoms with Gasteiger partial charge in [-0.05, 0) is 43.4 Å². The van der Waals surface area contributed by atoms with Gasteiger partial charge >= 0.3 is 5.97 Å². The van der Waals surface area contributed by atoms with Crippen molar-refractivity contribution < 1.29 is 9.90 Å². The molecule has 0 heterocycles. The molecule has 0 amide bonds. The fourth-order valence-electron chi connectivity index (χ4n) is 2.56. The average molecular weight is 196 g/mol. The summed E-state index contributed by atoms with van der Waals surface area (Å²) in [6.45, 7) is 0. The van der Waals surface area contributed by atoms with Crippen LogP contribution in [0.15, 0.2) is 0 Å². The highest BCUT2D eigenvalue weighted by molar-refractivity contribution is 5.66. The van der Waals surface area contributed by atoms with E-state index in [1.165, 1.54) is 32.1 Å². The Morgan fingerprint density at radius 1 is 1.21 bits per heavy atom. The minimum atomic E-state index is -0.646. The fourth-order valence-corrected chi connectivity index (χ4v) is 2.56. The molecule has 0 aromatic heterocycles. The van der Waals surface area contributed by atoms with Crippen molar-refractivity contribution in [1.82, 2.24) is 0 Å². The van der Waals surface area contributed by atoms with Crippen LogP contribution in [0, 0.1) is 17.8 Å². The van der Waals surface area contributed by atoms with Crippen molar-refractivity contribution in [3.8, 4) is 0 Å². The largest absolute Gasteiger partial charge is 0.481 e. The summed E-state index contributed by atoms with van der Waals surface area (Å²) in [4.78, 5) is 10.3. The molecule has 1 N–H and O–H groups in total. The summed E-state index contributed by atoms with van der Waals surface area (Å²) in [5.41, 5.74) is 0. The number of hydrogen-bond donors (Lipinski definition) is 1. The molecule has 2 nitrogen and oxygen atoms in total. The lowest BCUT2D eigenvalue weighted by Gasteiger charge is -1.98. The number of rotatable bonds is 7. The van der Waals surface area contributed by atoms with E-state index in [9.17, 15) is 4.79 Å². The lowest BCUT2D eigenvalue weighted by Crippen LogP contribution is -1.94. The van der Waals surface area contributed by atoms with Crippen molar-refractivity contribution in [2.45, 2.75) is 51.4 Å². The van der Waals surface area contributed by atoms with Crippen LogP contribution in [0.3, 0.4) is 0 Å². The Hall–Kier alpha value is -0.530. The molecular formula is C12H20O2. The Labute approximate surface area is 85.7 Å². The standard InChI is InChI=1S/C12H20O2/c13-12(14)5-3-1-2-4-10-8-11(10)9-6-7-9/h9-11H,1-8H2,(H,13,14)/t10-,11+/m1/s1. The van der Waals surface area contributed by atoms with Crippen LogP contribution in [-0.4, -0.2) is 11.1 Å². The first-order chi connectivity index (χ1) is 6.77. The summed E-state index contributed by atoms with van der Waals surface area (Å²) in [6, 6.07) is 0. The van der Waals surface area contributed by atoms with Crippen LogP contribution in [0.5, 0.6) is 0 Å². The van der Waals surface area contributed by atoms with Crippen molar-refractivity contribution in [2.24, 2.45) is 17.8 Å². The highest BCUT2D eigenvalue weighted by Crippen LogP contribution is 2.56. The predicted molar refractivity (Wildman–Crippen MR) is 55.0 cm³/mol. The fraction of sp³-hybridized carbons (Fsp3) is 0.917. The number of hydrogen-bond acceptors (Lipinski definition) is 1. The monoisotopic (exact) mass is 196 g/mol. The third-order valence-corrected chi connectivity index (χ3v) is 3.67. The number of carboxylic acid groups (broad SMARTS) is 1. The van der Waals surface area contributed by atoms with Crippen molar-refractivity contribution in [2.75, 3.05) is 0 Å². The van der Waals surface area contributed by atoms with Gasteiger partial charge in [-0.2, -0.15) is 0 Å². The molecule has 2 atom stereocenters. The summed E-state index contributed by atoms with van der Waals surface area (Å²) in [5.74, 6) is 2.55. The van der Waals surface area contributed by atoms with Crippen molar-refractivity contribution in [3.63, 3.8) is 0 Å². The SMILES string of the molecule is O=C(O)CCCCC[C@@H]1C[C@H]1C1CC1. The maximum Gasteiger partial charge on any atom is 0.303 e. The Morgan fingerprint density at radius 3 is 2.64 bits per heavy atom. The molecule has 0 aliphatic heterocycles. The van der Waals surface area contributed by atoms with Gasteiger partial charge in [0.05, 0.1) is 0 Å². The van der Waals surface area contributed by atoms with Crippen molar-refractivity contribution in [1.29, 1.82) is 0 Å². The maximum atomic E-state index is 10.3. The lowest BCUT2D eigenvalue weighted by atomic mass is 10.1. The van der Waals surface area contributed by atoms with Crippen LogP contribution >= 0.6 is 0 Å². The van der Waals surface area contributed by atoms with Gasteiger partial charge in [-0.25, -0.2) is 0 Å². The second-order valence-corrected chi connectivity index (χ2v) is 4.99. The molecule has 2 fully saturated rings. The first-order valence-electron chi connectivity index (χ1n) is 5.99. The molecular weight excluding hydrogens is 176 g/mol. The summed E-state index contributed by atoms with van der Waals surface area (Å²) in [6.07, 6.45) is 9.40. The van der Waals surface area contributed by atoms with Gasteiger partial charge < -0.3 is 5.11 Å². The quantitative estimate of drug-likeness (QED) is 0.635. The van der Waals surface area contributed by atoms with E-state index in [-0.39, 0.29) is 0 Å². The summed E-state index contributed by atoms with van der Waals surface area (Å²) >= 11 is 0. The van der Waals surface area contributed by atoms with E-state index >= 15 is 0 Å². The Kier molecular flexibility index (Phi) is 3.09. The van der Waals surface area contributed by atoms with Gasteiger partial charge in [-0.1, -0.05) is 19.3 Å². The zero-order valence-electron chi connectivity index (χ0n) is 8.74. The molecule has 2 aliphatic carbocycles. The van der Waals surface area contributed by atoms with Crippen LogP contribution in [0.4, 0.5) is 0 Å². The Balaban J connectivity index is 1.42. The van der Waals surface area contributed by atoms with Crippen LogP contribution < -0.4 is 0 Å². The number of carboxylic acids is 1. The van der Waals surface area contributed by atoms with Gasteiger partial charge in [0.15, 0.2) is 0 Å². The van der Waals surface area contributed by atoms with Gasteiger partial charge in [-0.3, -0.25) is 4.79 Å². The molecule has 80 valence electrons. The number of unbranched alkanes of at least 4 members (excludes halogenated alkanes) is 2. The third kappa shape index (κ3) is 3.00. The molecule has 0 aromatic rings. The molecule has 0 spiro atoms. The molecule has 0 aromatic carbocycles. The lowest BCUT2D eigenvalue weighted by molar-refractivity contribution is -0.137. The molecule has 2 saturated carbocycles.